The maximum Gasteiger partial charge on any atom is 0.405 e. The Bertz CT molecular complexity index is 1400. The van der Waals surface area contributed by atoms with Crippen LogP contribution in [0.15, 0.2) is 33.0 Å². The van der Waals surface area contributed by atoms with E-state index in [1.54, 1.807) is 18.2 Å². The van der Waals surface area contributed by atoms with E-state index in [2.05, 4.69) is 31.2 Å². The number of carbonyl (C=O) groups excluding carboxylic acids is 1. The normalized spacial score (nSPS) is 16.2. The van der Waals surface area contributed by atoms with Gasteiger partial charge in [-0.15, -0.1) is 0 Å². The zero-order chi connectivity index (χ0) is 26.1. The topological polar surface area (TPSA) is 158 Å². The lowest BCUT2D eigenvalue weighted by atomic mass is 9.93. The third-order valence-electron chi connectivity index (χ3n) is 6.55. The van der Waals surface area contributed by atoms with Gasteiger partial charge in [0.2, 0.25) is 12.7 Å². The van der Waals surface area contributed by atoms with Gasteiger partial charge < -0.3 is 34.3 Å². The molecule has 1 atom stereocenters. The van der Waals surface area contributed by atoms with Crippen molar-refractivity contribution in [2.24, 2.45) is 5.92 Å². The number of carbonyl (C=O) groups is 2. The SMILES string of the molecule is C[C@H](NC(=O)O)C(=O)N1CCC(CCn2cnc(=N)c3[nH]c(Sc4cc5c(cc4Br)OCO5)nc32)CC1. The van der Waals surface area contributed by atoms with Crippen LogP contribution in [0.4, 0.5) is 4.79 Å². The lowest BCUT2D eigenvalue weighted by molar-refractivity contribution is -0.134. The Balaban J connectivity index is 1.23. The molecule has 0 radical (unpaired) electrons. The number of benzene rings is 1. The molecule has 196 valence electrons. The molecule has 5 rings (SSSR count). The van der Waals surface area contributed by atoms with Gasteiger partial charge in [-0.2, -0.15) is 0 Å². The average molecular weight is 592 g/mol. The van der Waals surface area contributed by atoms with Crippen molar-refractivity contribution in [3.63, 3.8) is 0 Å². The van der Waals surface area contributed by atoms with E-state index in [4.69, 9.17) is 25.0 Å². The number of amides is 2. The smallest absolute Gasteiger partial charge is 0.405 e. The summed E-state index contributed by atoms with van der Waals surface area (Å²) in [6.45, 7) is 3.65. The Hall–Kier alpha value is -3.26. The summed E-state index contributed by atoms with van der Waals surface area (Å²) in [5, 5.41) is 19.9. The molecule has 0 bridgehead atoms. The second-order valence-electron chi connectivity index (χ2n) is 8.99. The van der Waals surface area contributed by atoms with Crippen LogP contribution in [0.25, 0.3) is 11.2 Å². The first-order valence-electron chi connectivity index (χ1n) is 11.8. The number of carboxylic acid groups (broad SMARTS) is 1. The van der Waals surface area contributed by atoms with Gasteiger partial charge >= 0.3 is 6.09 Å². The van der Waals surface area contributed by atoms with Crippen LogP contribution in [-0.4, -0.2) is 67.5 Å². The van der Waals surface area contributed by atoms with Crippen LogP contribution in [0, 0.1) is 11.3 Å². The van der Waals surface area contributed by atoms with Crippen molar-refractivity contribution < 1.29 is 24.2 Å². The Kier molecular flexibility index (Phi) is 7.29. The van der Waals surface area contributed by atoms with Crippen molar-refractivity contribution in [1.82, 2.24) is 29.7 Å². The van der Waals surface area contributed by atoms with Gasteiger partial charge in [0, 0.05) is 29.0 Å². The van der Waals surface area contributed by atoms with Crippen molar-refractivity contribution in [3.05, 3.63) is 28.4 Å². The Morgan fingerprint density at radius 3 is 2.78 bits per heavy atom. The van der Waals surface area contributed by atoms with Crippen LogP contribution in [0.3, 0.4) is 0 Å². The predicted octanol–water partition coefficient (Wildman–Crippen LogP) is 3.17. The summed E-state index contributed by atoms with van der Waals surface area (Å²) in [6, 6.07) is 3.01. The molecule has 2 aliphatic rings. The number of nitrogens with one attached hydrogen (secondary N) is 3. The van der Waals surface area contributed by atoms with Crippen LogP contribution in [0.2, 0.25) is 0 Å². The number of aryl methyl sites for hydroxylation is 1. The van der Waals surface area contributed by atoms with Crippen LogP contribution in [-0.2, 0) is 11.3 Å². The summed E-state index contributed by atoms with van der Waals surface area (Å²) in [6.07, 6.45) is 3.02. The number of piperidine rings is 1. The minimum atomic E-state index is -1.20. The minimum absolute atomic E-state index is 0.131. The third-order valence-corrected chi connectivity index (χ3v) is 8.41. The summed E-state index contributed by atoms with van der Waals surface area (Å²) in [5.74, 6) is 1.60. The van der Waals surface area contributed by atoms with E-state index >= 15 is 0 Å². The van der Waals surface area contributed by atoms with Crippen molar-refractivity contribution in [3.8, 4) is 11.5 Å². The quantitative estimate of drug-likeness (QED) is 0.326. The average Bonchev–Trinajstić information content (AvgIpc) is 3.50. The minimum Gasteiger partial charge on any atom is -0.465 e. The highest BCUT2D eigenvalue weighted by Gasteiger charge is 2.27. The fourth-order valence-electron chi connectivity index (χ4n) is 4.54. The summed E-state index contributed by atoms with van der Waals surface area (Å²) >= 11 is 5.00. The van der Waals surface area contributed by atoms with Crippen molar-refractivity contribution in [1.29, 1.82) is 5.41 Å². The highest BCUT2D eigenvalue weighted by Crippen LogP contribution is 2.42. The van der Waals surface area contributed by atoms with Gasteiger partial charge in [0.15, 0.2) is 27.8 Å². The Labute approximate surface area is 224 Å². The molecule has 1 aromatic carbocycles. The summed E-state index contributed by atoms with van der Waals surface area (Å²) in [4.78, 5) is 38.1. The standard InChI is InChI=1S/C23H26BrN7O5S/c1-12(27-23(33)34)21(32)30-5-2-13(3-6-30)4-7-31-10-26-19(25)18-20(31)29-22(28-18)37-17-9-16-15(8-14(17)24)35-11-36-16/h8-10,12-13,25,27H,2-7,11H2,1H3,(H,28,29)(H,33,34)/t12-/m0/s1. The van der Waals surface area contributed by atoms with E-state index in [0.717, 1.165) is 28.6 Å². The zero-order valence-corrected chi connectivity index (χ0v) is 22.4. The molecular weight excluding hydrogens is 566 g/mol. The number of ether oxygens (including phenoxy) is 2. The Morgan fingerprint density at radius 2 is 2.05 bits per heavy atom. The van der Waals surface area contributed by atoms with Crippen LogP contribution < -0.4 is 20.3 Å². The van der Waals surface area contributed by atoms with E-state index in [1.807, 2.05) is 16.7 Å². The fraction of sp³-hybridized carbons (Fsp3) is 0.435. The van der Waals surface area contributed by atoms with E-state index in [0.29, 0.717) is 53.4 Å². The van der Waals surface area contributed by atoms with Crippen molar-refractivity contribution in [2.45, 2.75) is 48.8 Å². The number of hydrogen-bond acceptors (Lipinski definition) is 8. The number of aromatic amines is 1. The van der Waals surface area contributed by atoms with Gasteiger partial charge in [-0.3, -0.25) is 10.2 Å². The molecular formula is C23H26BrN7O5S. The summed E-state index contributed by atoms with van der Waals surface area (Å²) in [5.41, 5.74) is 1.37. The Morgan fingerprint density at radius 1 is 1.32 bits per heavy atom. The molecule has 2 amide bonds. The van der Waals surface area contributed by atoms with Gasteiger partial charge in [-0.1, -0.05) is 11.8 Å². The molecule has 0 unspecified atom stereocenters. The number of rotatable bonds is 7. The number of aromatic nitrogens is 4. The fourth-order valence-corrected chi connectivity index (χ4v) is 5.92. The number of halogens is 1. The number of likely N-dealkylation sites (tertiary alicyclic amines) is 1. The summed E-state index contributed by atoms with van der Waals surface area (Å²) in [7, 11) is 0. The number of nitrogens with zero attached hydrogens (tertiary/aromatic N) is 4. The molecule has 14 heteroatoms. The van der Waals surface area contributed by atoms with Crippen LogP contribution >= 0.6 is 27.7 Å². The maximum absolute atomic E-state index is 12.4. The molecule has 37 heavy (non-hydrogen) atoms. The third kappa shape index (κ3) is 5.54. The summed E-state index contributed by atoms with van der Waals surface area (Å²) < 4.78 is 13.7. The zero-order valence-electron chi connectivity index (χ0n) is 20.0. The van der Waals surface area contributed by atoms with Gasteiger partial charge in [0.05, 0.1) is 6.33 Å². The molecule has 2 aliphatic heterocycles. The first-order valence-corrected chi connectivity index (χ1v) is 13.4. The van der Waals surface area contributed by atoms with E-state index in [9.17, 15) is 9.59 Å². The molecule has 2 aromatic heterocycles. The number of fused-ring (bicyclic) bond motifs is 2. The predicted molar refractivity (Wildman–Crippen MR) is 137 cm³/mol. The van der Waals surface area contributed by atoms with Crippen LogP contribution in [0.5, 0.6) is 11.5 Å². The highest BCUT2D eigenvalue weighted by atomic mass is 79.9. The first kappa shape index (κ1) is 25.4. The van der Waals surface area contributed by atoms with Crippen LogP contribution in [0.1, 0.15) is 26.2 Å². The number of imidazole rings is 1. The monoisotopic (exact) mass is 591 g/mol. The van der Waals surface area contributed by atoms with Crippen molar-refractivity contribution >= 4 is 50.9 Å². The van der Waals surface area contributed by atoms with Gasteiger partial charge in [0.1, 0.15) is 11.6 Å². The molecule has 0 saturated carbocycles. The highest BCUT2D eigenvalue weighted by molar-refractivity contribution is 9.10. The van der Waals surface area contributed by atoms with Gasteiger partial charge in [-0.25, -0.2) is 14.8 Å². The molecule has 0 aliphatic carbocycles. The van der Waals surface area contributed by atoms with Crippen molar-refractivity contribution in [2.75, 3.05) is 19.9 Å². The first-order chi connectivity index (χ1) is 17.8. The number of H-pyrrole nitrogens is 1. The molecule has 1 saturated heterocycles. The number of hydrogen-bond donors (Lipinski definition) is 4. The van der Waals surface area contributed by atoms with Gasteiger partial charge in [-0.05, 0) is 60.2 Å². The molecule has 1 fully saturated rings. The maximum atomic E-state index is 12.4. The van der Waals surface area contributed by atoms with E-state index in [-0.39, 0.29) is 18.2 Å². The van der Waals surface area contributed by atoms with E-state index in [1.165, 1.54) is 11.8 Å². The van der Waals surface area contributed by atoms with E-state index < -0.39 is 12.1 Å². The largest absolute Gasteiger partial charge is 0.465 e. The van der Waals surface area contributed by atoms with Gasteiger partial charge in [0.25, 0.3) is 0 Å². The lowest BCUT2D eigenvalue weighted by Gasteiger charge is -2.33. The molecule has 0 spiro atoms. The lowest BCUT2D eigenvalue weighted by Crippen LogP contribution is -2.49. The molecule has 3 aromatic rings. The molecule has 4 N–H and O–H groups in total. The molecule has 12 nitrogen and oxygen atoms in total. The second-order valence-corrected chi connectivity index (χ2v) is 10.9. The second kappa shape index (κ2) is 10.6. The molecule has 4 heterocycles.